The zero-order valence-corrected chi connectivity index (χ0v) is 43.3. The Labute approximate surface area is 428 Å². The minimum Gasteiger partial charge on any atom is -0.435 e. The number of carbonyl (C=O) groups is 7. The molecular weight excluding hydrogens is 961 g/mol. The van der Waals surface area contributed by atoms with Crippen molar-refractivity contribution in [3.05, 3.63) is 102 Å². The molecule has 0 radical (unpaired) electrons. The van der Waals surface area contributed by atoms with Gasteiger partial charge in [-0.05, 0) is 80.7 Å². The van der Waals surface area contributed by atoms with E-state index in [0.717, 1.165) is 24.6 Å². The molecule has 5 amide bonds. The van der Waals surface area contributed by atoms with Gasteiger partial charge in [0.15, 0.2) is 5.60 Å². The zero-order valence-electron chi connectivity index (χ0n) is 42.5. The maximum atomic E-state index is 14.8. The number of amides is 5. The Bertz CT molecular complexity index is 2480. The molecule has 4 rings (SSSR count). The van der Waals surface area contributed by atoms with Crippen LogP contribution < -0.4 is 26.6 Å². The van der Waals surface area contributed by atoms with Gasteiger partial charge < -0.3 is 40.8 Å². The molecule has 3 aromatic carbocycles. The van der Waals surface area contributed by atoms with Gasteiger partial charge in [-0.3, -0.25) is 37.9 Å². The quantitative estimate of drug-likeness (QED) is 0.0397. The molecule has 1 aliphatic rings. The van der Waals surface area contributed by atoms with E-state index in [1.165, 1.54) is 19.1 Å². The van der Waals surface area contributed by atoms with E-state index in [1.807, 2.05) is 49.1 Å². The number of Topliss-reactive ketones (excluding diaryl/α,β-unsaturated/α-hetero) is 1. The third-order valence-electron chi connectivity index (χ3n) is 11.6. The highest BCUT2D eigenvalue weighted by atomic mass is 32.2. The van der Waals surface area contributed by atoms with Crippen LogP contribution in [0.1, 0.15) is 82.3 Å². The van der Waals surface area contributed by atoms with Crippen molar-refractivity contribution in [2.75, 3.05) is 52.6 Å². The van der Waals surface area contributed by atoms with Crippen LogP contribution in [0.15, 0.2) is 89.8 Å². The molecule has 3 aromatic rings. The predicted octanol–water partition coefficient (Wildman–Crippen LogP) is 3.49. The van der Waals surface area contributed by atoms with Gasteiger partial charge in [-0.2, -0.15) is 8.42 Å². The van der Waals surface area contributed by atoms with E-state index in [4.69, 9.17) is 24.8 Å². The summed E-state index contributed by atoms with van der Waals surface area (Å²) in [7, 11) is -4.74. The van der Waals surface area contributed by atoms with Crippen LogP contribution in [0, 0.1) is 24.2 Å². The van der Waals surface area contributed by atoms with E-state index < -0.39 is 87.0 Å². The van der Waals surface area contributed by atoms with Gasteiger partial charge in [0.2, 0.25) is 29.4 Å². The van der Waals surface area contributed by atoms with Gasteiger partial charge in [0.1, 0.15) is 24.7 Å². The highest BCUT2D eigenvalue weighted by Crippen LogP contribution is 2.24. The average Bonchev–Trinajstić information content (AvgIpc) is 3.36. The number of hydrogen-bond acceptors (Lipinski definition) is 14. The number of hydrogen-bond donors (Lipinski definition) is 5. The van der Waals surface area contributed by atoms with Crippen LogP contribution >= 0.6 is 0 Å². The molecule has 396 valence electrons. The Morgan fingerprint density at radius 1 is 0.753 bits per heavy atom. The van der Waals surface area contributed by atoms with Gasteiger partial charge >= 0.3 is 6.16 Å². The summed E-state index contributed by atoms with van der Waals surface area (Å²) in [4.78, 5) is 98.4. The lowest BCUT2D eigenvalue weighted by Crippen LogP contribution is -2.60. The Balaban J connectivity index is 1.62. The third-order valence-corrected chi connectivity index (χ3v) is 12.9. The van der Waals surface area contributed by atoms with Crippen molar-refractivity contribution >= 4 is 51.6 Å². The monoisotopic (exact) mass is 1030 g/mol. The maximum absolute atomic E-state index is 14.8. The summed E-state index contributed by atoms with van der Waals surface area (Å²) in [6.07, 6.45) is 4.60. The van der Waals surface area contributed by atoms with Gasteiger partial charge in [-0.1, -0.05) is 100 Å². The van der Waals surface area contributed by atoms with E-state index in [1.54, 1.807) is 44.2 Å². The van der Waals surface area contributed by atoms with Crippen LogP contribution in [0.3, 0.4) is 0 Å². The largest absolute Gasteiger partial charge is 0.509 e. The minimum absolute atomic E-state index is 0.0480. The third kappa shape index (κ3) is 19.7. The molecule has 1 saturated heterocycles. The summed E-state index contributed by atoms with van der Waals surface area (Å²) in [6, 6.07) is 18.1. The Kier molecular flexibility index (Phi) is 23.5. The van der Waals surface area contributed by atoms with Crippen LogP contribution in [-0.2, 0) is 65.3 Å². The van der Waals surface area contributed by atoms with Gasteiger partial charge in [0.25, 0.3) is 16.0 Å². The molecule has 5 atom stereocenters. The molecule has 73 heavy (non-hydrogen) atoms. The van der Waals surface area contributed by atoms with Crippen LogP contribution in [0.5, 0.6) is 0 Å². The number of morpholine rings is 1. The lowest BCUT2D eigenvalue weighted by atomic mass is 9.90. The standard InChI is InChI=1S/C53H70N6O13S/c1-8-25-54-48(62)40-21-16-22-41(33-40)73(67,68)71-35-53(7,72-52(66)70-9-2)47(61)43(30-36(3)4)56-51(65)45(32-39-19-14-11-15-20-39)58-50(64)44(31-37(5)6)57-49(63)42(24-23-38-17-12-10-13-18-38)55-46(60)34-59-26-28-69-29-27-59/h1,10-22,33,36-37,42-45H,9,23-32,34-35H2,2-7H3,(H,54,62)(H,55,60)(H,56,65)(H,57,63)(H,58,64)/t42-,43-,44-,45-,53?/m0/s1. The number of aryl methyl sites for hydroxylation is 1. The maximum Gasteiger partial charge on any atom is 0.509 e. The van der Waals surface area contributed by atoms with E-state index in [0.29, 0.717) is 38.3 Å². The number of nitrogens with one attached hydrogen (secondary N) is 5. The summed E-state index contributed by atoms with van der Waals surface area (Å²) in [6.45, 7) is 10.6. The number of benzene rings is 3. The zero-order chi connectivity index (χ0) is 53.6. The van der Waals surface area contributed by atoms with Crippen molar-refractivity contribution in [1.82, 2.24) is 31.5 Å². The first kappa shape index (κ1) is 58.9. The number of rotatable bonds is 28. The molecule has 0 aliphatic carbocycles. The molecule has 0 spiro atoms. The fourth-order valence-corrected chi connectivity index (χ4v) is 8.88. The van der Waals surface area contributed by atoms with Crippen molar-refractivity contribution in [1.29, 1.82) is 0 Å². The van der Waals surface area contributed by atoms with Crippen molar-refractivity contribution < 1.29 is 60.4 Å². The average molecular weight is 1030 g/mol. The first-order valence-electron chi connectivity index (χ1n) is 24.4. The normalized spacial score (nSPS) is 15.3. The first-order valence-corrected chi connectivity index (χ1v) is 25.8. The fraction of sp³-hybridized carbons (Fsp3) is 0.491. The molecule has 1 unspecified atom stereocenters. The van der Waals surface area contributed by atoms with E-state index in [9.17, 15) is 42.0 Å². The van der Waals surface area contributed by atoms with Crippen molar-refractivity contribution in [3.8, 4) is 12.3 Å². The van der Waals surface area contributed by atoms with Crippen LogP contribution in [-0.4, -0.2) is 137 Å². The number of carbonyl (C=O) groups excluding carboxylic acids is 7. The smallest absolute Gasteiger partial charge is 0.435 e. The van der Waals surface area contributed by atoms with Gasteiger partial charge in [0, 0.05) is 25.1 Å². The molecule has 0 aromatic heterocycles. The topological polar surface area (TPSA) is 254 Å². The van der Waals surface area contributed by atoms with Crippen LogP contribution in [0.2, 0.25) is 0 Å². The minimum atomic E-state index is -4.74. The molecule has 1 fully saturated rings. The number of nitrogens with zero attached hydrogens (tertiary/aromatic N) is 1. The van der Waals surface area contributed by atoms with Gasteiger partial charge in [0.05, 0.1) is 43.8 Å². The fourth-order valence-electron chi connectivity index (χ4n) is 7.84. The first-order chi connectivity index (χ1) is 34.7. The van der Waals surface area contributed by atoms with E-state index >= 15 is 0 Å². The number of terminal acetylenes is 1. The summed E-state index contributed by atoms with van der Waals surface area (Å²) >= 11 is 0. The Morgan fingerprint density at radius 2 is 1.33 bits per heavy atom. The lowest BCUT2D eigenvalue weighted by Gasteiger charge is -2.32. The molecule has 1 aliphatic heterocycles. The molecule has 20 heteroatoms. The van der Waals surface area contributed by atoms with E-state index in [-0.39, 0.29) is 68.7 Å². The van der Waals surface area contributed by atoms with Gasteiger partial charge in [-0.15, -0.1) is 6.42 Å². The molecular formula is C53H70N6O13S. The molecule has 19 nitrogen and oxygen atoms in total. The molecule has 0 bridgehead atoms. The lowest BCUT2D eigenvalue weighted by molar-refractivity contribution is -0.146. The van der Waals surface area contributed by atoms with Crippen LogP contribution in [0.4, 0.5) is 4.79 Å². The number of ether oxygens (including phenoxy) is 3. The molecule has 1 heterocycles. The highest BCUT2D eigenvalue weighted by molar-refractivity contribution is 7.86. The van der Waals surface area contributed by atoms with Gasteiger partial charge in [-0.25, -0.2) is 4.79 Å². The summed E-state index contributed by atoms with van der Waals surface area (Å²) in [5, 5.41) is 13.7. The summed E-state index contributed by atoms with van der Waals surface area (Å²) < 4.78 is 48.4. The molecule has 5 N–H and O–H groups in total. The van der Waals surface area contributed by atoms with Crippen LogP contribution in [0.25, 0.3) is 0 Å². The number of ketones is 1. The Hall–Kier alpha value is -6.66. The Morgan fingerprint density at radius 3 is 1.95 bits per heavy atom. The summed E-state index contributed by atoms with van der Waals surface area (Å²) in [5.41, 5.74) is -0.884. The highest BCUT2D eigenvalue weighted by Gasteiger charge is 2.45. The van der Waals surface area contributed by atoms with Crippen molar-refractivity contribution in [3.63, 3.8) is 0 Å². The van der Waals surface area contributed by atoms with Crippen molar-refractivity contribution in [2.45, 2.75) is 108 Å². The van der Waals surface area contributed by atoms with Crippen molar-refractivity contribution in [2.24, 2.45) is 11.8 Å². The molecule has 0 saturated carbocycles. The second-order valence-corrected chi connectivity index (χ2v) is 20.3. The predicted molar refractivity (Wildman–Crippen MR) is 271 cm³/mol. The second kappa shape index (κ2) is 29.1. The second-order valence-electron chi connectivity index (χ2n) is 18.7. The summed E-state index contributed by atoms with van der Waals surface area (Å²) in [5.74, 6) is -2.28. The van der Waals surface area contributed by atoms with E-state index in [2.05, 4.69) is 32.5 Å². The SMILES string of the molecule is C#CCNC(=O)c1cccc(S(=O)(=O)OCC(C)(OC(=O)OCC)C(=O)[C@H](CC(C)C)NC(=O)[C@H](Cc2ccccc2)NC(=O)[C@H](CC(C)C)NC(=O)[C@H](CCc2ccccc2)NC(=O)CN2CCOCC2)c1.